The first kappa shape index (κ1) is 17.6. The summed E-state index contributed by atoms with van der Waals surface area (Å²) >= 11 is 0. The fourth-order valence-corrected chi connectivity index (χ4v) is 2.78. The van der Waals surface area contributed by atoms with E-state index in [9.17, 15) is 9.18 Å². The van der Waals surface area contributed by atoms with Crippen molar-refractivity contribution in [2.24, 2.45) is 0 Å². The molecule has 4 rings (SSSR count). The predicted octanol–water partition coefficient (Wildman–Crippen LogP) is 4.47. The van der Waals surface area contributed by atoms with Crippen LogP contribution in [0.2, 0.25) is 0 Å². The normalized spacial score (nSPS) is 10.6. The number of oxazole rings is 1. The van der Waals surface area contributed by atoms with Gasteiger partial charge in [0.1, 0.15) is 5.82 Å². The number of pyridine rings is 1. The molecule has 0 fully saturated rings. The van der Waals surface area contributed by atoms with E-state index in [1.165, 1.54) is 12.1 Å². The van der Waals surface area contributed by atoms with Gasteiger partial charge in [0.15, 0.2) is 5.76 Å². The van der Waals surface area contributed by atoms with Gasteiger partial charge in [0.25, 0.3) is 5.91 Å². The Hall–Kier alpha value is -3.80. The molecule has 0 saturated carbocycles. The Morgan fingerprint density at radius 1 is 0.964 bits per heavy atom. The highest BCUT2D eigenvalue weighted by molar-refractivity contribution is 6.00. The van der Waals surface area contributed by atoms with E-state index in [0.717, 1.165) is 5.69 Å². The molecule has 0 atom stereocenters. The number of halogens is 1. The molecule has 0 radical (unpaired) electrons. The van der Waals surface area contributed by atoms with E-state index in [4.69, 9.17) is 4.42 Å². The second kappa shape index (κ2) is 7.84. The minimum Gasteiger partial charge on any atom is -0.436 e. The molecular weight excluding hydrogens is 357 g/mol. The first-order chi connectivity index (χ1) is 13.7. The van der Waals surface area contributed by atoms with Gasteiger partial charge in [0.05, 0.1) is 24.0 Å². The summed E-state index contributed by atoms with van der Waals surface area (Å²) < 4.78 is 18.9. The number of amides is 1. The number of nitrogens with one attached hydrogen (secondary N) is 1. The van der Waals surface area contributed by atoms with Gasteiger partial charge in [-0.25, -0.2) is 9.37 Å². The number of carbonyl (C=O) groups excluding carboxylic acids is 1. The van der Waals surface area contributed by atoms with Gasteiger partial charge in [-0.1, -0.05) is 18.2 Å². The quantitative estimate of drug-likeness (QED) is 0.560. The summed E-state index contributed by atoms with van der Waals surface area (Å²) in [5, 5.41) is 2.86. The third kappa shape index (κ3) is 3.81. The highest BCUT2D eigenvalue weighted by atomic mass is 19.1. The van der Waals surface area contributed by atoms with E-state index in [1.807, 2.05) is 24.3 Å². The van der Waals surface area contributed by atoms with Gasteiger partial charge in [0.2, 0.25) is 5.89 Å². The Balaban J connectivity index is 1.58. The maximum atomic E-state index is 13.1. The maximum absolute atomic E-state index is 13.1. The topological polar surface area (TPSA) is 68.0 Å². The fourth-order valence-electron chi connectivity index (χ4n) is 2.78. The van der Waals surface area contributed by atoms with Crippen LogP contribution in [0, 0.1) is 5.82 Å². The van der Waals surface area contributed by atoms with Crippen LogP contribution in [-0.4, -0.2) is 15.9 Å². The summed E-state index contributed by atoms with van der Waals surface area (Å²) in [6, 6.07) is 18.6. The number of rotatable bonds is 5. The molecule has 0 bridgehead atoms. The SMILES string of the molecule is O=C(NCc1ccccn1)c1ccccc1-c1ncc(-c2ccc(F)cc2)o1. The van der Waals surface area contributed by atoms with E-state index in [-0.39, 0.29) is 11.7 Å². The number of benzene rings is 2. The van der Waals surface area contributed by atoms with E-state index < -0.39 is 0 Å². The standard InChI is InChI=1S/C22H16FN3O2/c23-16-10-8-15(9-11-16)20-14-26-22(28-20)19-7-2-1-6-18(19)21(27)25-13-17-5-3-4-12-24-17/h1-12,14H,13H2,(H,25,27). The molecule has 28 heavy (non-hydrogen) atoms. The van der Waals surface area contributed by atoms with Crippen molar-refractivity contribution < 1.29 is 13.6 Å². The van der Waals surface area contributed by atoms with Crippen molar-refractivity contribution in [2.45, 2.75) is 6.54 Å². The zero-order chi connectivity index (χ0) is 19.3. The lowest BCUT2D eigenvalue weighted by Crippen LogP contribution is -2.23. The van der Waals surface area contributed by atoms with Gasteiger partial charge < -0.3 is 9.73 Å². The lowest BCUT2D eigenvalue weighted by Gasteiger charge is -2.08. The molecule has 1 amide bonds. The van der Waals surface area contributed by atoms with E-state index in [2.05, 4.69) is 15.3 Å². The summed E-state index contributed by atoms with van der Waals surface area (Å²) in [6.45, 7) is 0.320. The Morgan fingerprint density at radius 3 is 2.54 bits per heavy atom. The summed E-state index contributed by atoms with van der Waals surface area (Å²) in [7, 11) is 0. The number of nitrogens with zero attached hydrogens (tertiary/aromatic N) is 2. The molecule has 6 heteroatoms. The molecule has 0 aliphatic heterocycles. The molecule has 2 heterocycles. The Morgan fingerprint density at radius 2 is 1.75 bits per heavy atom. The number of aromatic nitrogens is 2. The lowest BCUT2D eigenvalue weighted by atomic mass is 10.1. The van der Waals surface area contributed by atoms with Crippen LogP contribution in [0.3, 0.4) is 0 Å². The summed E-state index contributed by atoms with van der Waals surface area (Å²) in [5.74, 6) is 0.253. The molecule has 2 aromatic carbocycles. The third-order valence-electron chi connectivity index (χ3n) is 4.19. The molecule has 0 spiro atoms. The van der Waals surface area contributed by atoms with Crippen LogP contribution in [-0.2, 0) is 6.54 Å². The van der Waals surface area contributed by atoms with Crippen LogP contribution in [0.4, 0.5) is 4.39 Å². The van der Waals surface area contributed by atoms with Crippen LogP contribution < -0.4 is 5.32 Å². The van der Waals surface area contributed by atoms with Crippen LogP contribution in [0.5, 0.6) is 0 Å². The third-order valence-corrected chi connectivity index (χ3v) is 4.19. The zero-order valence-corrected chi connectivity index (χ0v) is 14.8. The largest absolute Gasteiger partial charge is 0.436 e. The predicted molar refractivity (Wildman–Crippen MR) is 103 cm³/mol. The molecule has 138 valence electrons. The van der Waals surface area contributed by atoms with Gasteiger partial charge >= 0.3 is 0 Å². The van der Waals surface area contributed by atoms with Crippen molar-refractivity contribution in [3.63, 3.8) is 0 Å². The van der Waals surface area contributed by atoms with Crippen molar-refractivity contribution in [3.8, 4) is 22.8 Å². The Bertz CT molecular complexity index is 1090. The Kier molecular flexibility index (Phi) is 4.93. The van der Waals surface area contributed by atoms with Gasteiger partial charge in [0, 0.05) is 17.3 Å². The van der Waals surface area contributed by atoms with Gasteiger partial charge in [-0.2, -0.15) is 0 Å². The molecular formula is C22H16FN3O2. The molecule has 2 aromatic heterocycles. The Labute approximate surface area is 160 Å². The van der Waals surface area contributed by atoms with Crippen LogP contribution in [0.15, 0.2) is 83.5 Å². The second-order valence-corrected chi connectivity index (χ2v) is 6.09. The van der Waals surface area contributed by atoms with Crippen molar-refractivity contribution in [2.75, 3.05) is 0 Å². The average molecular weight is 373 g/mol. The molecule has 1 N–H and O–H groups in total. The first-order valence-corrected chi connectivity index (χ1v) is 8.70. The number of hydrogen-bond acceptors (Lipinski definition) is 4. The monoisotopic (exact) mass is 373 g/mol. The summed E-state index contributed by atoms with van der Waals surface area (Å²) in [5.41, 5.74) is 2.50. The van der Waals surface area contributed by atoms with Crippen molar-refractivity contribution >= 4 is 5.91 Å². The summed E-state index contributed by atoms with van der Waals surface area (Å²) in [6.07, 6.45) is 3.24. The van der Waals surface area contributed by atoms with Gasteiger partial charge in [-0.3, -0.25) is 9.78 Å². The molecule has 4 aromatic rings. The number of carbonyl (C=O) groups is 1. The second-order valence-electron chi connectivity index (χ2n) is 6.09. The van der Waals surface area contributed by atoms with Crippen LogP contribution in [0.1, 0.15) is 16.1 Å². The maximum Gasteiger partial charge on any atom is 0.252 e. The first-order valence-electron chi connectivity index (χ1n) is 8.70. The highest BCUT2D eigenvalue weighted by Gasteiger charge is 2.17. The molecule has 0 aliphatic rings. The van der Waals surface area contributed by atoms with Crippen molar-refractivity contribution in [3.05, 3.63) is 96.2 Å². The van der Waals surface area contributed by atoms with Crippen molar-refractivity contribution in [1.82, 2.24) is 15.3 Å². The van der Waals surface area contributed by atoms with E-state index in [1.54, 1.807) is 42.7 Å². The number of hydrogen-bond donors (Lipinski definition) is 1. The average Bonchev–Trinajstić information content (AvgIpc) is 3.23. The van der Waals surface area contributed by atoms with E-state index in [0.29, 0.717) is 34.9 Å². The molecule has 0 aliphatic carbocycles. The smallest absolute Gasteiger partial charge is 0.252 e. The lowest BCUT2D eigenvalue weighted by molar-refractivity contribution is 0.0951. The fraction of sp³-hybridized carbons (Fsp3) is 0.0455. The van der Waals surface area contributed by atoms with Gasteiger partial charge in [-0.05, 0) is 48.5 Å². The van der Waals surface area contributed by atoms with Crippen LogP contribution >= 0.6 is 0 Å². The summed E-state index contributed by atoms with van der Waals surface area (Å²) in [4.78, 5) is 21.2. The molecule has 0 saturated heterocycles. The highest BCUT2D eigenvalue weighted by Crippen LogP contribution is 2.28. The minimum absolute atomic E-state index is 0.247. The zero-order valence-electron chi connectivity index (χ0n) is 14.8. The molecule has 5 nitrogen and oxygen atoms in total. The minimum atomic E-state index is -0.321. The van der Waals surface area contributed by atoms with Gasteiger partial charge in [-0.15, -0.1) is 0 Å². The molecule has 0 unspecified atom stereocenters. The van der Waals surface area contributed by atoms with Crippen molar-refractivity contribution in [1.29, 1.82) is 0 Å². The van der Waals surface area contributed by atoms with Crippen LogP contribution in [0.25, 0.3) is 22.8 Å². The van der Waals surface area contributed by atoms with E-state index >= 15 is 0 Å².